The van der Waals surface area contributed by atoms with E-state index < -0.39 is 0 Å². The summed E-state index contributed by atoms with van der Waals surface area (Å²) in [5, 5.41) is 9.68. The zero-order valence-corrected chi connectivity index (χ0v) is 11.4. The van der Waals surface area contributed by atoms with Gasteiger partial charge in [-0.25, -0.2) is 4.79 Å². The summed E-state index contributed by atoms with van der Waals surface area (Å²) in [5.41, 5.74) is 0.874. The highest BCUT2D eigenvalue weighted by Gasteiger charge is 2.34. The van der Waals surface area contributed by atoms with Gasteiger partial charge in [-0.3, -0.25) is 9.80 Å². The summed E-state index contributed by atoms with van der Waals surface area (Å²) in [6.07, 6.45) is 1.24. The van der Waals surface area contributed by atoms with E-state index in [0.29, 0.717) is 19.6 Å². The van der Waals surface area contributed by atoms with Crippen molar-refractivity contribution in [3.8, 4) is 0 Å². The van der Waals surface area contributed by atoms with Gasteiger partial charge in [0.25, 0.3) is 0 Å². The number of hydrogen-bond donors (Lipinski definition) is 1. The van der Waals surface area contributed by atoms with E-state index in [1.807, 2.05) is 30.3 Å². The minimum atomic E-state index is -0.279. The van der Waals surface area contributed by atoms with Crippen molar-refractivity contribution in [3.63, 3.8) is 0 Å². The number of benzene rings is 1. The highest BCUT2D eigenvalue weighted by atomic mass is 16.6. The number of para-hydroxylation sites is 1. The van der Waals surface area contributed by atoms with Crippen molar-refractivity contribution in [2.24, 2.45) is 0 Å². The van der Waals surface area contributed by atoms with Crippen molar-refractivity contribution in [2.75, 3.05) is 31.1 Å². The van der Waals surface area contributed by atoms with Crippen molar-refractivity contribution < 1.29 is 14.6 Å². The lowest BCUT2D eigenvalue weighted by Crippen LogP contribution is -2.43. The van der Waals surface area contributed by atoms with Gasteiger partial charge in [0.1, 0.15) is 6.10 Å². The predicted molar refractivity (Wildman–Crippen MR) is 75.7 cm³/mol. The van der Waals surface area contributed by atoms with Gasteiger partial charge >= 0.3 is 6.09 Å². The molecule has 2 unspecified atom stereocenters. The first-order chi connectivity index (χ1) is 9.72. The van der Waals surface area contributed by atoms with E-state index in [0.717, 1.165) is 25.1 Å². The largest absolute Gasteiger partial charge is 0.443 e. The number of β-amino-alcohol motifs (C(OH)–C–C–N with tert-alkyl or cyclic N) is 1. The Bertz CT molecular complexity index is 465. The molecule has 0 aliphatic carbocycles. The number of piperidine rings is 1. The number of carbonyl (C=O) groups is 1. The van der Waals surface area contributed by atoms with Crippen LogP contribution in [0.5, 0.6) is 0 Å². The van der Waals surface area contributed by atoms with E-state index in [-0.39, 0.29) is 18.3 Å². The zero-order chi connectivity index (χ0) is 13.9. The Hall–Kier alpha value is -1.59. The molecule has 5 heteroatoms. The molecular formula is C15H20N2O3. The lowest BCUT2D eigenvalue weighted by atomic mass is 10.1. The number of anilines is 1. The summed E-state index contributed by atoms with van der Waals surface area (Å²) in [5.74, 6) is 0. The molecule has 2 atom stereocenters. The summed E-state index contributed by atoms with van der Waals surface area (Å²) in [6, 6.07) is 9.58. The minimum absolute atomic E-state index is 0.118. The average molecular weight is 276 g/mol. The Kier molecular flexibility index (Phi) is 3.89. The van der Waals surface area contributed by atoms with Gasteiger partial charge in [0, 0.05) is 18.8 Å². The fraction of sp³-hybridized carbons (Fsp3) is 0.533. The Morgan fingerprint density at radius 2 is 2.05 bits per heavy atom. The Balaban J connectivity index is 1.59. The Labute approximate surface area is 118 Å². The molecule has 1 aromatic carbocycles. The molecule has 2 aliphatic rings. The standard InChI is InChI=1S/C15H20N2O3/c18-13-7-4-8-16(9-13)10-14-11-17(15(19)20-14)12-5-2-1-3-6-12/h1-3,5-6,13-14,18H,4,7-11H2. The van der Waals surface area contributed by atoms with Crippen LogP contribution >= 0.6 is 0 Å². The molecule has 2 saturated heterocycles. The van der Waals surface area contributed by atoms with Crippen LogP contribution in [-0.2, 0) is 4.74 Å². The lowest BCUT2D eigenvalue weighted by Gasteiger charge is -2.31. The second-order valence-corrected chi connectivity index (χ2v) is 5.51. The number of likely N-dealkylation sites (tertiary alicyclic amines) is 1. The van der Waals surface area contributed by atoms with Gasteiger partial charge in [0.15, 0.2) is 0 Å². The molecule has 0 bridgehead atoms. The maximum Gasteiger partial charge on any atom is 0.414 e. The normalized spacial score (nSPS) is 27.6. The first-order valence-corrected chi connectivity index (χ1v) is 7.16. The van der Waals surface area contributed by atoms with Crippen LogP contribution in [0, 0.1) is 0 Å². The molecule has 5 nitrogen and oxygen atoms in total. The quantitative estimate of drug-likeness (QED) is 0.908. The number of carbonyl (C=O) groups excluding carboxylic acids is 1. The third-order valence-corrected chi connectivity index (χ3v) is 3.88. The van der Waals surface area contributed by atoms with Crippen LogP contribution in [0.2, 0.25) is 0 Å². The van der Waals surface area contributed by atoms with E-state index in [1.165, 1.54) is 0 Å². The number of ether oxygens (including phenoxy) is 1. The molecule has 1 amide bonds. The van der Waals surface area contributed by atoms with Gasteiger partial charge in [-0.05, 0) is 31.5 Å². The summed E-state index contributed by atoms with van der Waals surface area (Å²) in [7, 11) is 0. The lowest BCUT2D eigenvalue weighted by molar-refractivity contribution is 0.0443. The molecule has 3 rings (SSSR count). The van der Waals surface area contributed by atoms with Crippen molar-refractivity contribution in [2.45, 2.75) is 25.0 Å². The first kappa shape index (κ1) is 13.4. The van der Waals surface area contributed by atoms with Gasteiger partial charge in [-0.2, -0.15) is 0 Å². The van der Waals surface area contributed by atoms with E-state index in [9.17, 15) is 9.90 Å². The number of amides is 1. The Morgan fingerprint density at radius 1 is 1.25 bits per heavy atom. The van der Waals surface area contributed by atoms with Gasteiger partial charge in [0.05, 0.1) is 12.6 Å². The van der Waals surface area contributed by atoms with Gasteiger partial charge < -0.3 is 9.84 Å². The molecule has 0 saturated carbocycles. The van der Waals surface area contributed by atoms with Gasteiger partial charge in [0.2, 0.25) is 0 Å². The summed E-state index contributed by atoms with van der Waals surface area (Å²) in [4.78, 5) is 15.8. The van der Waals surface area contributed by atoms with E-state index >= 15 is 0 Å². The maximum absolute atomic E-state index is 11.9. The van der Waals surface area contributed by atoms with Crippen molar-refractivity contribution in [1.82, 2.24) is 4.90 Å². The number of aliphatic hydroxyl groups excluding tert-OH is 1. The number of cyclic esters (lactones) is 1. The van der Waals surface area contributed by atoms with E-state index in [1.54, 1.807) is 4.90 Å². The highest BCUT2D eigenvalue weighted by Crippen LogP contribution is 2.22. The van der Waals surface area contributed by atoms with E-state index in [2.05, 4.69) is 4.90 Å². The molecule has 20 heavy (non-hydrogen) atoms. The summed E-state index contributed by atoms with van der Waals surface area (Å²) >= 11 is 0. The highest BCUT2D eigenvalue weighted by molar-refractivity contribution is 5.89. The van der Waals surface area contributed by atoms with Crippen molar-refractivity contribution in [3.05, 3.63) is 30.3 Å². The molecular weight excluding hydrogens is 256 g/mol. The van der Waals surface area contributed by atoms with E-state index in [4.69, 9.17) is 4.74 Å². The third kappa shape index (κ3) is 2.94. The number of aliphatic hydroxyl groups is 1. The monoisotopic (exact) mass is 276 g/mol. The van der Waals surface area contributed by atoms with Crippen molar-refractivity contribution >= 4 is 11.8 Å². The van der Waals surface area contributed by atoms with Crippen LogP contribution in [0.25, 0.3) is 0 Å². The zero-order valence-electron chi connectivity index (χ0n) is 11.4. The van der Waals surface area contributed by atoms with Crippen LogP contribution in [0.15, 0.2) is 30.3 Å². The van der Waals surface area contributed by atoms with Gasteiger partial charge in [-0.1, -0.05) is 18.2 Å². The molecule has 2 heterocycles. The number of hydrogen-bond acceptors (Lipinski definition) is 4. The molecule has 2 fully saturated rings. The average Bonchev–Trinajstić information content (AvgIpc) is 2.80. The second kappa shape index (κ2) is 5.81. The topological polar surface area (TPSA) is 53.0 Å². The SMILES string of the molecule is O=C1OC(CN2CCCC(O)C2)CN1c1ccccc1. The number of rotatable bonds is 3. The fourth-order valence-electron chi connectivity index (χ4n) is 2.92. The van der Waals surface area contributed by atoms with Crippen LogP contribution in [0.4, 0.5) is 10.5 Å². The van der Waals surface area contributed by atoms with Crippen LogP contribution < -0.4 is 4.90 Å². The molecule has 0 aromatic heterocycles. The van der Waals surface area contributed by atoms with Gasteiger partial charge in [-0.15, -0.1) is 0 Å². The first-order valence-electron chi connectivity index (χ1n) is 7.16. The molecule has 0 radical (unpaired) electrons. The van der Waals surface area contributed by atoms with Crippen molar-refractivity contribution in [1.29, 1.82) is 0 Å². The summed E-state index contributed by atoms with van der Waals surface area (Å²) < 4.78 is 5.43. The molecule has 1 aromatic rings. The molecule has 108 valence electrons. The fourth-order valence-corrected chi connectivity index (χ4v) is 2.92. The Morgan fingerprint density at radius 3 is 2.80 bits per heavy atom. The maximum atomic E-state index is 11.9. The van der Waals surface area contributed by atoms with Crippen LogP contribution in [-0.4, -0.2) is 54.5 Å². The number of nitrogens with zero attached hydrogens (tertiary/aromatic N) is 2. The predicted octanol–water partition coefficient (Wildman–Crippen LogP) is 1.47. The van der Waals surface area contributed by atoms with Crippen LogP contribution in [0.3, 0.4) is 0 Å². The third-order valence-electron chi connectivity index (χ3n) is 3.88. The minimum Gasteiger partial charge on any atom is -0.443 e. The molecule has 0 spiro atoms. The second-order valence-electron chi connectivity index (χ2n) is 5.51. The molecule has 1 N–H and O–H groups in total. The summed E-state index contributed by atoms with van der Waals surface area (Å²) in [6.45, 7) is 2.93. The van der Waals surface area contributed by atoms with Crippen LogP contribution in [0.1, 0.15) is 12.8 Å². The smallest absolute Gasteiger partial charge is 0.414 e. The molecule has 2 aliphatic heterocycles.